The predicted octanol–water partition coefficient (Wildman–Crippen LogP) is 4.82. The highest BCUT2D eigenvalue weighted by atomic mass is 16.2. The van der Waals surface area contributed by atoms with Gasteiger partial charge in [0, 0.05) is 22.4 Å². The van der Waals surface area contributed by atoms with E-state index in [9.17, 15) is 9.59 Å². The fourth-order valence-corrected chi connectivity index (χ4v) is 5.20. The Balaban J connectivity index is 1.66. The molecule has 0 aliphatic heterocycles. The normalized spacial score (nSPS) is 19.3. The Morgan fingerprint density at radius 1 is 1.06 bits per heavy atom. The van der Waals surface area contributed by atoms with Crippen LogP contribution in [0.1, 0.15) is 87.9 Å². The number of allylic oxidation sites excluding steroid dienone is 2. The molecule has 0 atom stereocenters. The second-order valence-corrected chi connectivity index (χ2v) is 11.9. The molecule has 5 heteroatoms. The van der Waals surface area contributed by atoms with Crippen LogP contribution in [0.2, 0.25) is 0 Å². The van der Waals surface area contributed by atoms with Gasteiger partial charge in [0.1, 0.15) is 0 Å². The molecule has 5 nitrogen and oxygen atoms in total. The molecule has 0 spiro atoms. The van der Waals surface area contributed by atoms with E-state index >= 15 is 0 Å². The zero-order chi connectivity index (χ0) is 25.1. The number of nitrogens with two attached hydrogens (primary N) is 1. The van der Waals surface area contributed by atoms with Crippen LogP contribution in [0.3, 0.4) is 0 Å². The quantitative estimate of drug-likeness (QED) is 0.496. The number of nitrogens with zero attached hydrogens (tertiary/aromatic N) is 2. The highest BCUT2D eigenvalue weighted by Crippen LogP contribution is 2.55. The van der Waals surface area contributed by atoms with Crippen molar-refractivity contribution in [1.29, 1.82) is 0 Å². The molecule has 1 fully saturated rings. The number of fused-ring (bicyclic) bond motifs is 1. The van der Waals surface area contributed by atoms with Crippen LogP contribution in [0, 0.1) is 6.92 Å². The molecule has 1 heterocycles. The maximum absolute atomic E-state index is 12.4. The van der Waals surface area contributed by atoms with E-state index in [1.165, 1.54) is 22.3 Å². The molecule has 4 rings (SSSR count). The van der Waals surface area contributed by atoms with Crippen molar-refractivity contribution in [3.63, 3.8) is 0 Å². The lowest BCUT2D eigenvalue weighted by Crippen LogP contribution is -2.50. The van der Waals surface area contributed by atoms with Crippen molar-refractivity contribution < 1.29 is 9.59 Å². The number of aryl methyl sites for hydroxylation is 1. The minimum absolute atomic E-state index is 0.0116. The molecule has 1 aromatic carbocycles. The van der Waals surface area contributed by atoms with E-state index < -0.39 is 11.4 Å². The first-order valence-electron chi connectivity index (χ1n) is 12.1. The van der Waals surface area contributed by atoms with Crippen LogP contribution >= 0.6 is 0 Å². The molecule has 0 saturated heterocycles. The van der Waals surface area contributed by atoms with Gasteiger partial charge in [-0.1, -0.05) is 58.0 Å². The number of carbonyl (C=O) groups excluding carboxylic acids is 2. The lowest BCUT2D eigenvalue weighted by molar-refractivity contribution is -0.142. The van der Waals surface area contributed by atoms with Crippen LogP contribution in [-0.2, 0) is 32.4 Å². The molecule has 2 aliphatic carbocycles. The van der Waals surface area contributed by atoms with Gasteiger partial charge in [0.15, 0.2) is 0 Å². The Labute approximate surface area is 203 Å². The summed E-state index contributed by atoms with van der Waals surface area (Å²) in [5, 5.41) is 0. The van der Waals surface area contributed by atoms with E-state index in [-0.39, 0.29) is 22.8 Å². The van der Waals surface area contributed by atoms with Gasteiger partial charge in [0.25, 0.3) is 0 Å². The number of hydrogen-bond donors (Lipinski definition) is 1. The Bertz CT molecular complexity index is 1160. The Morgan fingerprint density at radius 2 is 1.65 bits per heavy atom. The molecule has 1 saturated carbocycles. The van der Waals surface area contributed by atoms with Crippen LogP contribution < -0.4 is 5.73 Å². The minimum atomic E-state index is -1.10. The van der Waals surface area contributed by atoms with Crippen LogP contribution in [0.4, 0.5) is 0 Å². The Morgan fingerprint density at radius 3 is 2.12 bits per heavy atom. The average molecular weight is 460 g/mol. The minimum Gasteiger partial charge on any atom is -0.318 e. The number of benzene rings is 1. The first kappa shape index (κ1) is 24.3. The van der Waals surface area contributed by atoms with Crippen LogP contribution in [0.25, 0.3) is 0 Å². The summed E-state index contributed by atoms with van der Waals surface area (Å²) in [6.07, 6.45) is 9.13. The molecule has 34 heavy (non-hydrogen) atoms. The highest BCUT2D eigenvalue weighted by Gasteiger charge is 2.49. The smallest absolute Gasteiger partial charge is 0.248 e. The van der Waals surface area contributed by atoms with Gasteiger partial charge in [-0.15, -0.1) is 0 Å². The topological polar surface area (TPSA) is 76.3 Å². The standard InChI is InChI=1S/C29H37N3O2/c1-19-14-22-23(27(4,5)11-10-26(22,2)3)15-21(19)29(12-13-29)24-9-8-20(16-31-24)17-32(18-33)25(34)28(6,7)30/h8-11,14-16,18H,12-13,17,30H2,1-7H3. The SMILES string of the molecule is Cc1cc2c(cc1C1(c3ccc(CN(C=O)C(=O)C(C)(C)N)cn3)CC1)C(C)(C)C=CC2(C)C. The predicted molar refractivity (Wildman–Crippen MR) is 136 cm³/mol. The van der Waals surface area contributed by atoms with Gasteiger partial charge in [0.05, 0.1) is 17.8 Å². The van der Waals surface area contributed by atoms with Crippen molar-refractivity contribution in [1.82, 2.24) is 9.88 Å². The third-order valence-electron chi connectivity index (χ3n) is 7.54. The van der Waals surface area contributed by atoms with Gasteiger partial charge in [-0.25, -0.2) is 0 Å². The molecule has 0 bridgehead atoms. The van der Waals surface area contributed by atoms with Gasteiger partial charge >= 0.3 is 0 Å². The van der Waals surface area contributed by atoms with E-state index in [0.717, 1.165) is 29.0 Å². The fraction of sp³-hybridized carbons (Fsp3) is 0.483. The zero-order valence-corrected chi connectivity index (χ0v) is 21.5. The third kappa shape index (κ3) is 4.11. The number of aromatic nitrogens is 1. The fourth-order valence-electron chi connectivity index (χ4n) is 5.20. The van der Waals surface area contributed by atoms with Crippen LogP contribution in [0.15, 0.2) is 42.6 Å². The summed E-state index contributed by atoms with van der Waals surface area (Å²) in [6.45, 7) is 14.7. The third-order valence-corrected chi connectivity index (χ3v) is 7.54. The van der Waals surface area contributed by atoms with E-state index in [0.29, 0.717) is 6.41 Å². The van der Waals surface area contributed by atoms with Gasteiger partial charge in [-0.3, -0.25) is 19.5 Å². The molecule has 2 aliphatic rings. The molecule has 1 aromatic heterocycles. The van der Waals surface area contributed by atoms with Crippen molar-refractivity contribution in [2.45, 2.75) is 89.6 Å². The zero-order valence-electron chi connectivity index (χ0n) is 21.5. The van der Waals surface area contributed by atoms with Gasteiger partial charge in [0.2, 0.25) is 12.3 Å². The van der Waals surface area contributed by atoms with Gasteiger partial charge < -0.3 is 5.73 Å². The van der Waals surface area contributed by atoms with E-state index in [1.807, 2.05) is 6.07 Å². The largest absolute Gasteiger partial charge is 0.318 e. The number of amides is 2. The molecular formula is C29H37N3O2. The number of hydrogen-bond acceptors (Lipinski definition) is 4. The molecule has 0 radical (unpaired) electrons. The van der Waals surface area contributed by atoms with Crippen LogP contribution in [-0.4, -0.2) is 27.7 Å². The summed E-state index contributed by atoms with van der Waals surface area (Å²) in [4.78, 5) is 29.9. The summed E-state index contributed by atoms with van der Waals surface area (Å²) < 4.78 is 0. The van der Waals surface area contributed by atoms with E-state index in [4.69, 9.17) is 10.7 Å². The first-order valence-corrected chi connectivity index (χ1v) is 12.1. The number of imide groups is 1. The van der Waals surface area contributed by atoms with E-state index in [1.54, 1.807) is 20.0 Å². The van der Waals surface area contributed by atoms with Crippen molar-refractivity contribution >= 4 is 12.3 Å². The van der Waals surface area contributed by atoms with Crippen LogP contribution in [0.5, 0.6) is 0 Å². The lowest BCUT2D eigenvalue weighted by Gasteiger charge is -2.38. The van der Waals surface area contributed by atoms with Crippen molar-refractivity contribution in [2.24, 2.45) is 5.73 Å². The second kappa shape index (κ2) is 7.88. The average Bonchev–Trinajstić information content (AvgIpc) is 3.56. The summed E-state index contributed by atoms with van der Waals surface area (Å²) in [5.41, 5.74) is 12.0. The number of carbonyl (C=O) groups is 2. The first-order chi connectivity index (χ1) is 15.7. The summed E-state index contributed by atoms with van der Waals surface area (Å²) in [7, 11) is 0. The van der Waals surface area contributed by atoms with Crippen molar-refractivity contribution in [3.8, 4) is 0 Å². The van der Waals surface area contributed by atoms with Crippen molar-refractivity contribution in [3.05, 3.63) is 76.1 Å². The monoisotopic (exact) mass is 459 g/mol. The number of rotatable bonds is 6. The molecule has 2 aromatic rings. The molecule has 2 N–H and O–H groups in total. The molecular weight excluding hydrogens is 422 g/mol. The maximum atomic E-state index is 12.4. The molecule has 0 unspecified atom stereocenters. The summed E-state index contributed by atoms with van der Waals surface area (Å²) in [5.74, 6) is -0.408. The Hall–Kier alpha value is -2.79. The molecule has 180 valence electrons. The summed E-state index contributed by atoms with van der Waals surface area (Å²) in [6, 6.07) is 8.83. The second-order valence-electron chi connectivity index (χ2n) is 11.9. The number of pyridine rings is 1. The maximum Gasteiger partial charge on any atom is 0.248 e. The molecule has 2 amide bonds. The van der Waals surface area contributed by atoms with Crippen molar-refractivity contribution in [2.75, 3.05) is 0 Å². The summed E-state index contributed by atoms with van der Waals surface area (Å²) >= 11 is 0. The van der Waals surface area contributed by atoms with E-state index in [2.05, 4.69) is 65.0 Å². The highest BCUT2D eigenvalue weighted by molar-refractivity contribution is 5.92. The van der Waals surface area contributed by atoms with Gasteiger partial charge in [-0.05, 0) is 67.5 Å². The van der Waals surface area contributed by atoms with Gasteiger partial charge in [-0.2, -0.15) is 0 Å². The Kier molecular flexibility index (Phi) is 5.64. The lowest BCUT2D eigenvalue weighted by atomic mass is 9.66.